The molecule has 0 unspecified atom stereocenters. The molecule has 0 atom stereocenters. The molecule has 0 bridgehead atoms. The Morgan fingerprint density at radius 3 is 2.87 bits per heavy atom. The molecule has 0 spiro atoms. The monoisotopic (exact) mass is 205 g/mol. The minimum Gasteiger partial charge on any atom is -0.358 e. The Labute approximate surface area is 86.8 Å². The van der Waals surface area contributed by atoms with Crippen molar-refractivity contribution in [2.24, 2.45) is 0 Å². The first-order valence-corrected chi connectivity index (χ1v) is 5.02. The highest BCUT2D eigenvalue weighted by Crippen LogP contribution is 2.10. The van der Waals surface area contributed by atoms with Crippen LogP contribution in [0.5, 0.6) is 0 Å². The van der Waals surface area contributed by atoms with E-state index in [1.807, 2.05) is 6.92 Å². The molecule has 2 aromatic rings. The predicted octanol–water partition coefficient (Wildman–Crippen LogP) is 2.62. The van der Waals surface area contributed by atoms with Gasteiger partial charge in [0.05, 0.1) is 0 Å². The van der Waals surface area contributed by atoms with Gasteiger partial charge in [-0.15, -0.1) is 0 Å². The molecule has 0 aliphatic carbocycles. The predicted molar refractivity (Wildman–Crippen MR) is 58.5 cm³/mol. The van der Waals surface area contributed by atoms with E-state index >= 15 is 0 Å². The summed E-state index contributed by atoms with van der Waals surface area (Å²) in [4.78, 5) is 14.8. The zero-order valence-electron chi connectivity index (χ0n) is 8.51. The number of rotatable bonds is 2. The van der Waals surface area contributed by atoms with Crippen LogP contribution in [0.25, 0.3) is 10.9 Å². The standard InChI is InChI=1S/C12H12FNO/c1-2-3-9-7-12(15)10-6-8(13)4-5-11(10)14-9/h4-7H,2-3H2,1H3,(H,14,15). The number of benzene rings is 1. The average Bonchev–Trinajstić information content (AvgIpc) is 2.20. The molecule has 1 aromatic carbocycles. The average molecular weight is 205 g/mol. The lowest BCUT2D eigenvalue weighted by Crippen LogP contribution is -2.05. The quantitative estimate of drug-likeness (QED) is 0.803. The molecule has 2 rings (SSSR count). The normalized spacial score (nSPS) is 10.8. The van der Waals surface area contributed by atoms with Crippen molar-refractivity contribution >= 4 is 10.9 Å². The van der Waals surface area contributed by atoms with E-state index in [0.717, 1.165) is 18.5 Å². The van der Waals surface area contributed by atoms with Crippen LogP contribution in [-0.4, -0.2) is 4.98 Å². The van der Waals surface area contributed by atoms with Gasteiger partial charge in [0, 0.05) is 22.7 Å². The number of hydrogen-bond donors (Lipinski definition) is 1. The van der Waals surface area contributed by atoms with Crippen molar-refractivity contribution < 1.29 is 4.39 Å². The van der Waals surface area contributed by atoms with Crippen LogP contribution >= 0.6 is 0 Å². The summed E-state index contributed by atoms with van der Waals surface area (Å²) in [6.07, 6.45) is 1.81. The van der Waals surface area contributed by atoms with Crippen molar-refractivity contribution in [1.82, 2.24) is 4.98 Å². The number of halogens is 1. The lowest BCUT2D eigenvalue weighted by molar-refractivity contribution is 0.629. The van der Waals surface area contributed by atoms with E-state index in [4.69, 9.17) is 0 Å². The Kier molecular flexibility index (Phi) is 2.54. The van der Waals surface area contributed by atoms with Crippen molar-refractivity contribution in [3.8, 4) is 0 Å². The second-order valence-electron chi connectivity index (χ2n) is 3.60. The van der Waals surface area contributed by atoms with Crippen LogP contribution in [0.15, 0.2) is 29.1 Å². The topological polar surface area (TPSA) is 32.9 Å². The fourth-order valence-corrected chi connectivity index (χ4v) is 1.68. The second kappa shape index (κ2) is 3.85. The molecule has 0 amide bonds. The summed E-state index contributed by atoms with van der Waals surface area (Å²) in [6.45, 7) is 2.05. The van der Waals surface area contributed by atoms with Crippen LogP contribution in [0.2, 0.25) is 0 Å². The Hall–Kier alpha value is -1.64. The molecule has 1 aromatic heterocycles. The van der Waals surface area contributed by atoms with Crippen molar-refractivity contribution in [2.45, 2.75) is 19.8 Å². The number of pyridine rings is 1. The van der Waals surface area contributed by atoms with Gasteiger partial charge in [0.15, 0.2) is 5.43 Å². The Balaban J connectivity index is 2.67. The Morgan fingerprint density at radius 1 is 1.33 bits per heavy atom. The highest BCUT2D eigenvalue weighted by molar-refractivity contribution is 5.78. The van der Waals surface area contributed by atoms with Gasteiger partial charge in [-0.2, -0.15) is 0 Å². The molecule has 0 saturated heterocycles. The zero-order chi connectivity index (χ0) is 10.8. The van der Waals surface area contributed by atoms with Gasteiger partial charge >= 0.3 is 0 Å². The minimum absolute atomic E-state index is 0.119. The zero-order valence-corrected chi connectivity index (χ0v) is 8.51. The van der Waals surface area contributed by atoms with Crippen LogP contribution in [0.3, 0.4) is 0 Å². The van der Waals surface area contributed by atoms with E-state index < -0.39 is 0 Å². The van der Waals surface area contributed by atoms with E-state index in [1.54, 1.807) is 12.1 Å². The third-order valence-electron chi connectivity index (χ3n) is 2.37. The third-order valence-corrected chi connectivity index (χ3v) is 2.37. The lowest BCUT2D eigenvalue weighted by atomic mass is 10.1. The summed E-state index contributed by atoms with van der Waals surface area (Å²) in [5.41, 5.74) is 1.49. The van der Waals surface area contributed by atoms with Gasteiger partial charge in [0.1, 0.15) is 5.82 Å². The number of aromatic amines is 1. The highest BCUT2D eigenvalue weighted by Gasteiger charge is 2.02. The molecule has 0 radical (unpaired) electrons. The summed E-state index contributed by atoms with van der Waals surface area (Å²) in [5, 5.41) is 0.412. The van der Waals surface area contributed by atoms with Gasteiger partial charge < -0.3 is 4.98 Å². The number of H-pyrrole nitrogens is 1. The van der Waals surface area contributed by atoms with Crippen LogP contribution in [0.1, 0.15) is 19.0 Å². The molecule has 0 fully saturated rings. The van der Waals surface area contributed by atoms with E-state index in [2.05, 4.69) is 4.98 Å². The molecule has 1 heterocycles. The largest absolute Gasteiger partial charge is 0.358 e. The smallest absolute Gasteiger partial charge is 0.189 e. The van der Waals surface area contributed by atoms with Crippen molar-refractivity contribution in [1.29, 1.82) is 0 Å². The van der Waals surface area contributed by atoms with Crippen LogP contribution < -0.4 is 5.43 Å². The second-order valence-corrected chi connectivity index (χ2v) is 3.60. The number of nitrogens with one attached hydrogen (secondary N) is 1. The minimum atomic E-state index is -0.378. The van der Waals surface area contributed by atoms with Crippen LogP contribution in [-0.2, 0) is 6.42 Å². The van der Waals surface area contributed by atoms with E-state index in [1.165, 1.54) is 12.1 Å². The molecule has 3 heteroatoms. The SMILES string of the molecule is CCCc1cc(=O)c2cc(F)ccc2[nH]1. The van der Waals surface area contributed by atoms with E-state index in [9.17, 15) is 9.18 Å². The highest BCUT2D eigenvalue weighted by atomic mass is 19.1. The maximum atomic E-state index is 12.9. The van der Waals surface area contributed by atoms with Crippen LogP contribution in [0, 0.1) is 5.82 Å². The van der Waals surface area contributed by atoms with E-state index in [0.29, 0.717) is 10.9 Å². The summed E-state index contributed by atoms with van der Waals surface area (Å²) in [5.74, 6) is -0.378. The Morgan fingerprint density at radius 2 is 2.13 bits per heavy atom. The van der Waals surface area contributed by atoms with Crippen molar-refractivity contribution in [3.05, 3.63) is 46.0 Å². The lowest BCUT2D eigenvalue weighted by Gasteiger charge is -2.02. The third kappa shape index (κ3) is 1.91. The maximum absolute atomic E-state index is 12.9. The first-order chi connectivity index (χ1) is 7.20. The first kappa shape index (κ1) is 9.90. The molecule has 0 saturated carbocycles. The van der Waals surface area contributed by atoms with Gasteiger partial charge in [-0.05, 0) is 24.6 Å². The Bertz CT molecular complexity index is 545. The molecular weight excluding hydrogens is 193 g/mol. The molecule has 0 aliphatic heterocycles. The maximum Gasteiger partial charge on any atom is 0.189 e. The van der Waals surface area contributed by atoms with Crippen molar-refractivity contribution in [2.75, 3.05) is 0 Å². The van der Waals surface area contributed by atoms with Gasteiger partial charge in [0.25, 0.3) is 0 Å². The number of fused-ring (bicyclic) bond motifs is 1. The molecule has 2 nitrogen and oxygen atoms in total. The summed E-state index contributed by atoms with van der Waals surface area (Å²) in [6, 6.07) is 5.77. The molecule has 15 heavy (non-hydrogen) atoms. The summed E-state index contributed by atoms with van der Waals surface area (Å²) >= 11 is 0. The number of aryl methyl sites for hydroxylation is 1. The molecule has 0 aliphatic rings. The number of aromatic nitrogens is 1. The van der Waals surface area contributed by atoms with Gasteiger partial charge in [-0.3, -0.25) is 4.79 Å². The van der Waals surface area contributed by atoms with Crippen LogP contribution in [0.4, 0.5) is 4.39 Å². The van der Waals surface area contributed by atoms with E-state index in [-0.39, 0.29) is 11.2 Å². The van der Waals surface area contributed by atoms with Gasteiger partial charge in [-0.25, -0.2) is 4.39 Å². The van der Waals surface area contributed by atoms with Gasteiger partial charge in [-0.1, -0.05) is 13.3 Å². The fraction of sp³-hybridized carbons (Fsp3) is 0.250. The molecule has 1 N–H and O–H groups in total. The molecular formula is C12H12FNO. The first-order valence-electron chi connectivity index (χ1n) is 5.02. The van der Waals surface area contributed by atoms with Gasteiger partial charge in [0.2, 0.25) is 0 Å². The fourth-order valence-electron chi connectivity index (χ4n) is 1.68. The van der Waals surface area contributed by atoms with Crippen molar-refractivity contribution in [3.63, 3.8) is 0 Å². The summed E-state index contributed by atoms with van der Waals surface area (Å²) < 4.78 is 12.9. The molecule has 78 valence electrons. The number of hydrogen-bond acceptors (Lipinski definition) is 1. The summed E-state index contributed by atoms with van der Waals surface area (Å²) in [7, 11) is 0.